The number of urea groups is 1. The molecule has 0 radical (unpaired) electrons. The van der Waals surface area contributed by atoms with Crippen LogP contribution in [0.5, 0.6) is 0 Å². The summed E-state index contributed by atoms with van der Waals surface area (Å²) in [6, 6.07) is 7.65. The van der Waals surface area contributed by atoms with Crippen LogP contribution in [0.3, 0.4) is 0 Å². The monoisotopic (exact) mass is 404 g/mol. The number of quaternary nitrogens is 1. The first kappa shape index (κ1) is 23.2. The van der Waals surface area contributed by atoms with E-state index in [4.69, 9.17) is 0 Å². The Morgan fingerprint density at radius 1 is 1.10 bits per heavy atom. The van der Waals surface area contributed by atoms with Gasteiger partial charge in [-0.05, 0) is 43.4 Å². The Morgan fingerprint density at radius 2 is 1.79 bits per heavy atom. The largest absolute Gasteiger partial charge is 0.481 e. The Kier molecular flexibility index (Phi) is 9.45. The van der Waals surface area contributed by atoms with Crippen molar-refractivity contribution < 1.29 is 19.6 Å². The molecule has 1 aromatic carbocycles. The van der Waals surface area contributed by atoms with Crippen molar-refractivity contribution in [1.29, 1.82) is 0 Å². The van der Waals surface area contributed by atoms with Crippen LogP contribution in [-0.2, 0) is 11.2 Å². The average Bonchev–Trinajstić information content (AvgIpc) is 2.65. The molecule has 4 N–H and O–H groups in total. The number of likely N-dealkylation sites (tertiary alicyclic amines) is 1. The van der Waals surface area contributed by atoms with Crippen LogP contribution in [0, 0.1) is 0 Å². The molecule has 2 atom stereocenters. The lowest BCUT2D eigenvalue weighted by molar-refractivity contribution is -0.889. The second kappa shape index (κ2) is 11.8. The van der Waals surface area contributed by atoms with E-state index in [1.54, 1.807) is 0 Å². The Balaban J connectivity index is 1.82. The fourth-order valence-electron chi connectivity index (χ4n) is 4.34. The zero-order valence-corrected chi connectivity index (χ0v) is 18.1. The van der Waals surface area contributed by atoms with E-state index in [1.807, 2.05) is 19.2 Å². The minimum absolute atomic E-state index is 0.0467. The molecule has 0 saturated carbocycles. The molecule has 1 heterocycles. The summed E-state index contributed by atoms with van der Waals surface area (Å²) in [5, 5.41) is 15.1. The number of hydrogen-bond acceptors (Lipinski definition) is 2. The minimum atomic E-state index is -0.876. The lowest BCUT2D eigenvalue weighted by Gasteiger charge is -2.38. The third-order valence-corrected chi connectivity index (χ3v) is 5.80. The topological polar surface area (TPSA) is 82.9 Å². The predicted octanol–water partition coefficient (Wildman–Crippen LogP) is 3.23. The molecule has 29 heavy (non-hydrogen) atoms. The molecule has 1 aromatic rings. The summed E-state index contributed by atoms with van der Waals surface area (Å²) in [5.74, 6) is -0.876. The number of carboxylic acid groups (broad SMARTS) is 1. The van der Waals surface area contributed by atoms with Crippen LogP contribution in [0.15, 0.2) is 24.3 Å². The number of aryl methyl sites for hydroxylation is 1. The van der Waals surface area contributed by atoms with Gasteiger partial charge in [-0.15, -0.1) is 0 Å². The SMILES string of the molecule is CCCCCCCCc1ccc(NC(=O)NC2(CC(=O)O)CCC[NH+](C)C2)cc1. The van der Waals surface area contributed by atoms with Crippen molar-refractivity contribution in [3.8, 4) is 0 Å². The molecule has 6 nitrogen and oxygen atoms in total. The molecule has 6 heteroatoms. The number of carbonyl (C=O) groups is 2. The highest BCUT2D eigenvalue weighted by Crippen LogP contribution is 2.19. The number of hydrogen-bond donors (Lipinski definition) is 4. The molecular formula is C23H38N3O3+. The van der Waals surface area contributed by atoms with Crippen LogP contribution in [0.25, 0.3) is 0 Å². The Bertz CT molecular complexity index is 647. The lowest BCUT2D eigenvalue weighted by Crippen LogP contribution is -3.13. The average molecular weight is 405 g/mol. The molecule has 0 aliphatic carbocycles. The molecule has 2 amide bonds. The molecule has 1 aliphatic rings. The van der Waals surface area contributed by atoms with E-state index >= 15 is 0 Å². The summed E-state index contributed by atoms with van der Waals surface area (Å²) >= 11 is 0. The molecule has 0 spiro atoms. The summed E-state index contributed by atoms with van der Waals surface area (Å²) < 4.78 is 0. The Morgan fingerprint density at radius 3 is 2.45 bits per heavy atom. The Labute approximate surface area is 175 Å². The number of rotatable bonds is 11. The maximum atomic E-state index is 12.5. The third kappa shape index (κ3) is 8.44. The van der Waals surface area contributed by atoms with E-state index in [2.05, 4.69) is 29.7 Å². The number of carbonyl (C=O) groups excluding carboxylic acids is 1. The molecule has 1 aliphatic heterocycles. The number of unbranched alkanes of at least 4 members (excludes halogenated alkanes) is 5. The maximum absolute atomic E-state index is 12.5. The van der Waals surface area contributed by atoms with Crippen LogP contribution in [0.4, 0.5) is 10.5 Å². The zero-order valence-electron chi connectivity index (χ0n) is 18.1. The summed E-state index contributed by atoms with van der Waals surface area (Å²) in [7, 11) is 2.04. The third-order valence-electron chi connectivity index (χ3n) is 5.80. The van der Waals surface area contributed by atoms with Crippen LogP contribution in [0.2, 0.25) is 0 Å². The summed E-state index contributed by atoms with van der Waals surface area (Å²) in [6.45, 7) is 3.87. The standard InChI is InChI=1S/C23H37N3O3/c1-3-4-5-6-7-8-10-19-11-13-20(14-12-19)24-22(29)25-23(17-21(27)28)15-9-16-26(2)18-23/h11-14H,3-10,15-18H2,1-2H3,(H,27,28)(H2,24,25,29)/p+1. The van der Waals surface area contributed by atoms with Gasteiger partial charge in [-0.3, -0.25) is 4.79 Å². The van der Waals surface area contributed by atoms with Crippen LogP contribution in [0.1, 0.15) is 70.3 Å². The van der Waals surface area contributed by atoms with Gasteiger partial charge in [0.15, 0.2) is 0 Å². The van der Waals surface area contributed by atoms with Gasteiger partial charge in [-0.25, -0.2) is 4.79 Å². The van der Waals surface area contributed by atoms with E-state index in [1.165, 1.54) is 49.0 Å². The minimum Gasteiger partial charge on any atom is -0.481 e. The molecule has 1 saturated heterocycles. The van der Waals surface area contributed by atoms with Crippen molar-refractivity contribution in [3.63, 3.8) is 0 Å². The molecule has 2 unspecified atom stereocenters. The Hall–Kier alpha value is -2.08. The number of carboxylic acids is 1. The van der Waals surface area contributed by atoms with Crippen molar-refractivity contribution in [2.24, 2.45) is 0 Å². The number of amides is 2. The van der Waals surface area contributed by atoms with Gasteiger partial charge in [-0.1, -0.05) is 51.2 Å². The van der Waals surface area contributed by atoms with Crippen molar-refractivity contribution in [1.82, 2.24) is 5.32 Å². The fourth-order valence-corrected chi connectivity index (χ4v) is 4.34. The fraction of sp³-hybridized carbons (Fsp3) is 0.652. The second-order valence-electron chi connectivity index (χ2n) is 8.63. The first-order valence-corrected chi connectivity index (χ1v) is 11.1. The molecular weight excluding hydrogens is 366 g/mol. The molecule has 0 bridgehead atoms. The first-order chi connectivity index (χ1) is 13.9. The van der Waals surface area contributed by atoms with Crippen molar-refractivity contribution in [3.05, 3.63) is 29.8 Å². The second-order valence-corrected chi connectivity index (χ2v) is 8.63. The number of nitrogens with one attached hydrogen (secondary N) is 3. The number of likely N-dealkylation sites (N-methyl/N-ethyl adjacent to an activating group) is 1. The van der Waals surface area contributed by atoms with Gasteiger partial charge in [0.05, 0.1) is 20.0 Å². The number of aliphatic carboxylic acids is 1. The normalized spacial score (nSPS) is 21.5. The van der Waals surface area contributed by atoms with Crippen LogP contribution in [-0.4, -0.2) is 42.8 Å². The quantitative estimate of drug-likeness (QED) is 0.427. The molecule has 2 rings (SSSR count). The van der Waals surface area contributed by atoms with Gasteiger partial charge in [-0.2, -0.15) is 0 Å². The van der Waals surface area contributed by atoms with Crippen LogP contribution >= 0.6 is 0 Å². The highest BCUT2D eigenvalue weighted by molar-refractivity contribution is 5.90. The molecule has 162 valence electrons. The van der Waals surface area contributed by atoms with E-state index in [-0.39, 0.29) is 12.5 Å². The smallest absolute Gasteiger partial charge is 0.319 e. The first-order valence-electron chi connectivity index (χ1n) is 11.1. The summed E-state index contributed by atoms with van der Waals surface area (Å²) in [4.78, 5) is 25.1. The highest BCUT2D eigenvalue weighted by atomic mass is 16.4. The van der Waals surface area contributed by atoms with Crippen LogP contribution < -0.4 is 15.5 Å². The predicted molar refractivity (Wildman–Crippen MR) is 117 cm³/mol. The van der Waals surface area contributed by atoms with Gasteiger partial charge >= 0.3 is 12.0 Å². The number of piperidine rings is 1. The van der Waals surface area contributed by atoms with Gasteiger partial charge in [0.1, 0.15) is 12.1 Å². The van der Waals surface area contributed by atoms with Gasteiger partial charge < -0.3 is 20.6 Å². The van der Waals surface area contributed by atoms with Crippen molar-refractivity contribution in [2.45, 2.75) is 76.7 Å². The molecule has 0 aromatic heterocycles. The van der Waals surface area contributed by atoms with E-state index in [0.29, 0.717) is 13.0 Å². The van der Waals surface area contributed by atoms with E-state index in [9.17, 15) is 14.7 Å². The van der Waals surface area contributed by atoms with E-state index < -0.39 is 11.5 Å². The van der Waals surface area contributed by atoms with Crippen molar-refractivity contribution >= 4 is 17.7 Å². The van der Waals surface area contributed by atoms with Crippen molar-refractivity contribution in [2.75, 3.05) is 25.5 Å². The summed E-state index contributed by atoms with van der Waals surface area (Å²) in [5.41, 5.74) is 1.33. The summed E-state index contributed by atoms with van der Waals surface area (Å²) in [6.07, 6.45) is 10.3. The number of benzene rings is 1. The number of anilines is 1. The maximum Gasteiger partial charge on any atom is 0.319 e. The molecule has 1 fully saturated rings. The van der Waals surface area contributed by atoms with E-state index in [0.717, 1.165) is 25.1 Å². The zero-order chi connectivity index (χ0) is 21.1. The van der Waals surface area contributed by atoms with Gasteiger partial charge in [0.2, 0.25) is 0 Å². The lowest BCUT2D eigenvalue weighted by atomic mass is 9.86. The van der Waals surface area contributed by atoms with Gasteiger partial charge in [0, 0.05) is 5.69 Å². The highest BCUT2D eigenvalue weighted by Gasteiger charge is 2.40. The van der Waals surface area contributed by atoms with Gasteiger partial charge in [0.25, 0.3) is 0 Å².